The van der Waals surface area contributed by atoms with Crippen molar-refractivity contribution in [2.45, 2.75) is 26.0 Å². The maximum atomic E-state index is 13.5. The van der Waals surface area contributed by atoms with Crippen molar-refractivity contribution in [3.8, 4) is 0 Å². The maximum Gasteiger partial charge on any atom is 0.256 e. The number of pyridine rings is 1. The predicted octanol–water partition coefficient (Wildman–Crippen LogP) is 4.27. The van der Waals surface area contributed by atoms with Crippen LogP contribution in [0.5, 0.6) is 0 Å². The number of carbonyl (C=O) groups is 1. The molecule has 2 aliphatic rings. The van der Waals surface area contributed by atoms with Crippen molar-refractivity contribution in [3.05, 3.63) is 66.7 Å². The highest BCUT2D eigenvalue weighted by Crippen LogP contribution is 2.42. The fourth-order valence-corrected chi connectivity index (χ4v) is 5.27. The molecule has 9 heteroatoms. The van der Waals surface area contributed by atoms with Crippen molar-refractivity contribution in [2.24, 2.45) is 5.92 Å². The van der Waals surface area contributed by atoms with Gasteiger partial charge in [0.2, 0.25) is 0 Å². The lowest BCUT2D eigenvalue weighted by Gasteiger charge is -2.35. The molecule has 7 nitrogen and oxygen atoms in total. The summed E-state index contributed by atoms with van der Waals surface area (Å²) in [5.74, 6) is -0.112. The molecule has 2 aromatic heterocycles. The van der Waals surface area contributed by atoms with Crippen molar-refractivity contribution >= 4 is 40.1 Å². The summed E-state index contributed by atoms with van der Waals surface area (Å²) in [4.78, 5) is 30.7. The Bertz CT molecular complexity index is 1280. The number of amides is 1. The van der Waals surface area contributed by atoms with Gasteiger partial charge in [0.25, 0.3) is 11.5 Å². The smallest absolute Gasteiger partial charge is 0.256 e. The predicted molar refractivity (Wildman–Crippen MR) is 121 cm³/mol. The Kier molecular flexibility index (Phi) is 5.53. The van der Waals surface area contributed by atoms with Crippen LogP contribution in [0.1, 0.15) is 38.8 Å². The van der Waals surface area contributed by atoms with Gasteiger partial charge in [-0.25, -0.2) is 0 Å². The van der Waals surface area contributed by atoms with Crippen LogP contribution >= 0.6 is 23.2 Å². The first-order valence-electron chi connectivity index (χ1n) is 10.4. The molecule has 0 saturated carbocycles. The minimum Gasteiger partial charge on any atom is -0.464 e. The fraction of sp³-hybridized carbons (Fsp3) is 0.391. The Labute approximate surface area is 194 Å². The van der Waals surface area contributed by atoms with Crippen molar-refractivity contribution in [1.82, 2.24) is 9.88 Å². The van der Waals surface area contributed by atoms with Gasteiger partial charge in [0.15, 0.2) is 0 Å². The number of carbonyl (C=O) groups excluding carboxylic acids is 1. The van der Waals surface area contributed by atoms with Gasteiger partial charge in [0.05, 0.1) is 48.3 Å². The van der Waals surface area contributed by atoms with Crippen LogP contribution < -0.4 is 5.56 Å². The summed E-state index contributed by atoms with van der Waals surface area (Å²) < 4.78 is 16.6. The van der Waals surface area contributed by atoms with Gasteiger partial charge in [0.1, 0.15) is 5.58 Å². The molecule has 1 amide bonds. The number of H-pyrrole nitrogens is 1. The number of ether oxygens (including phenoxy) is 2. The summed E-state index contributed by atoms with van der Waals surface area (Å²) in [5, 5.41) is 1.66. The van der Waals surface area contributed by atoms with E-state index in [4.69, 9.17) is 37.1 Å². The van der Waals surface area contributed by atoms with Gasteiger partial charge in [-0.2, -0.15) is 0 Å². The zero-order valence-electron chi connectivity index (χ0n) is 17.7. The molecule has 1 saturated heterocycles. The third-order valence-electron chi connectivity index (χ3n) is 6.40. The summed E-state index contributed by atoms with van der Waals surface area (Å²) in [6.07, 6.45) is 1.76. The molecule has 0 radical (unpaired) electrons. The molecular formula is C23H22Cl2N2O5. The van der Waals surface area contributed by atoms with E-state index in [2.05, 4.69) is 4.98 Å². The third-order valence-corrected chi connectivity index (χ3v) is 7.14. The molecule has 0 bridgehead atoms. The zero-order chi connectivity index (χ0) is 22.6. The molecular weight excluding hydrogens is 455 g/mol. The molecule has 4 heterocycles. The highest BCUT2D eigenvalue weighted by molar-refractivity contribution is 6.37. The van der Waals surface area contributed by atoms with E-state index in [-0.39, 0.29) is 30.0 Å². The van der Waals surface area contributed by atoms with E-state index < -0.39 is 0 Å². The highest BCUT2D eigenvalue weighted by Gasteiger charge is 2.36. The van der Waals surface area contributed by atoms with Gasteiger partial charge in [-0.1, -0.05) is 23.2 Å². The first-order valence-corrected chi connectivity index (χ1v) is 11.2. The fourth-order valence-electron chi connectivity index (χ4n) is 4.61. The number of hydrogen-bond acceptors (Lipinski definition) is 5. The summed E-state index contributed by atoms with van der Waals surface area (Å²) in [6.45, 7) is 3.48. The number of rotatable bonds is 5. The first kappa shape index (κ1) is 21.5. The molecule has 1 aromatic carbocycles. The number of hydrogen-bond donors (Lipinski definition) is 1. The van der Waals surface area contributed by atoms with Crippen LogP contribution in [-0.2, 0) is 22.4 Å². The lowest BCUT2D eigenvalue weighted by Crippen LogP contribution is -2.39. The highest BCUT2D eigenvalue weighted by atomic mass is 35.5. The topological polar surface area (TPSA) is 84.8 Å². The monoisotopic (exact) mass is 476 g/mol. The van der Waals surface area contributed by atoms with Crippen LogP contribution in [0.25, 0.3) is 11.0 Å². The number of furan rings is 1. The van der Waals surface area contributed by atoms with Crippen LogP contribution in [0.4, 0.5) is 0 Å². The second-order valence-electron chi connectivity index (χ2n) is 8.27. The Morgan fingerprint density at radius 3 is 2.78 bits per heavy atom. The molecule has 32 heavy (non-hydrogen) atoms. The van der Waals surface area contributed by atoms with Crippen LogP contribution in [0.3, 0.4) is 0 Å². The number of nitrogens with zero attached hydrogens (tertiary/aromatic N) is 1. The van der Waals surface area contributed by atoms with Crippen molar-refractivity contribution in [1.29, 1.82) is 0 Å². The lowest BCUT2D eigenvalue weighted by molar-refractivity contribution is -0.105. The van der Waals surface area contributed by atoms with Crippen molar-refractivity contribution in [3.63, 3.8) is 0 Å². The molecule has 2 aliphatic heterocycles. The average molecular weight is 477 g/mol. The second-order valence-corrected chi connectivity index (χ2v) is 9.05. The zero-order valence-corrected chi connectivity index (χ0v) is 19.2. The molecule has 0 spiro atoms. The molecule has 5 rings (SSSR count). The van der Waals surface area contributed by atoms with Gasteiger partial charge in [-0.05, 0) is 31.0 Å². The largest absolute Gasteiger partial charge is 0.464 e. The Morgan fingerprint density at radius 2 is 2.09 bits per heavy atom. The van der Waals surface area contributed by atoms with Crippen LogP contribution in [0.2, 0.25) is 10.0 Å². The molecule has 1 atom stereocenters. The van der Waals surface area contributed by atoms with E-state index in [1.807, 2.05) is 6.92 Å². The standard InChI is InChI=1S/C23H22Cl2N2O5/c1-11-13-4-6-32-21(13)16(22(28)26-11)8-27-5-3-14-17(24)7-15(19(25)18(14)23(27)29)20(30-2)12-9-31-10-12/h4,6-7,12,20H,3,5,8-10H2,1-2H3,(H,26,28)/t20-/m1/s1. The summed E-state index contributed by atoms with van der Waals surface area (Å²) in [7, 11) is 1.61. The summed E-state index contributed by atoms with van der Waals surface area (Å²) in [6, 6.07) is 3.60. The molecule has 3 aromatic rings. The first-order chi connectivity index (χ1) is 15.4. The lowest BCUT2D eigenvalue weighted by atomic mass is 9.89. The molecule has 1 fully saturated rings. The molecule has 168 valence electrons. The number of aromatic nitrogens is 1. The van der Waals surface area contributed by atoms with Gasteiger partial charge >= 0.3 is 0 Å². The molecule has 0 aliphatic carbocycles. The average Bonchev–Trinajstić information content (AvgIpc) is 3.22. The molecule has 0 unspecified atom stereocenters. The number of halogens is 2. The number of nitrogens with one attached hydrogen (secondary N) is 1. The van der Waals surface area contributed by atoms with Crippen LogP contribution in [-0.4, -0.2) is 42.7 Å². The molecule has 1 N–H and O–H groups in total. The minimum atomic E-state index is -0.315. The van der Waals surface area contributed by atoms with E-state index in [0.717, 1.165) is 16.6 Å². The SMILES string of the molecule is CO[C@@H](c1cc(Cl)c2c(c1Cl)C(=O)N(Cc1c(=O)[nH]c(C)c3ccoc13)CC2)C1COC1. The second kappa shape index (κ2) is 8.23. The van der Waals surface area contributed by atoms with Crippen LogP contribution in [0.15, 0.2) is 27.6 Å². The normalized spacial score (nSPS) is 17.5. The van der Waals surface area contributed by atoms with E-state index in [1.165, 1.54) is 0 Å². The van der Waals surface area contributed by atoms with Crippen molar-refractivity contribution in [2.75, 3.05) is 26.9 Å². The summed E-state index contributed by atoms with van der Waals surface area (Å²) in [5.41, 5.74) is 3.14. The minimum absolute atomic E-state index is 0.111. The third kappa shape index (κ3) is 3.35. The number of fused-ring (bicyclic) bond motifs is 2. The van der Waals surface area contributed by atoms with E-state index in [9.17, 15) is 9.59 Å². The Hall–Kier alpha value is -2.32. The van der Waals surface area contributed by atoms with E-state index in [0.29, 0.717) is 58.5 Å². The Morgan fingerprint density at radius 1 is 1.31 bits per heavy atom. The quantitative estimate of drug-likeness (QED) is 0.594. The van der Waals surface area contributed by atoms with Gasteiger partial charge < -0.3 is 23.8 Å². The maximum absolute atomic E-state index is 13.5. The van der Waals surface area contributed by atoms with Crippen LogP contribution in [0, 0.1) is 12.8 Å². The van der Waals surface area contributed by atoms with E-state index in [1.54, 1.807) is 30.4 Å². The number of aromatic amines is 1. The number of aryl methyl sites for hydroxylation is 1. The van der Waals surface area contributed by atoms with Gasteiger partial charge in [-0.3, -0.25) is 9.59 Å². The van der Waals surface area contributed by atoms with Gasteiger partial charge in [0, 0.05) is 41.2 Å². The van der Waals surface area contributed by atoms with Gasteiger partial charge in [-0.15, -0.1) is 0 Å². The summed E-state index contributed by atoms with van der Waals surface area (Å²) >= 11 is 13.4. The van der Waals surface area contributed by atoms with E-state index >= 15 is 0 Å². The number of benzene rings is 1. The van der Waals surface area contributed by atoms with Crippen molar-refractivity contribution < 1.29 is 18.7 Å². The Balaban J connectivity index is 1.54. The number of methoxy groups -OCH3 is 1.